The minimum atomic E-state index is -0.699. The maximum atomic E-state index is 12.9. The van der Waals surface area contributed by atoms with E-state index in [1.165, 1.54) is 0 Å². The van der Waals surface area contributed by atoms with Crippen LogP contribution < -0.4 is 14.8 Å². The Balaban J connectivity index is 1.52. The van der Waals surface area contributed by atoms with E-state index < -0.39 is 12.2 Å². The van der Waals surface area contributed by atoms with Crippen molar-refractivity contribution in [3.8, 4) is 11.5 Å². The summed E-state index contributed by atoms with van der Waals surface area (Å²) in [5, 5.41) is 14.3. The van der Waals surface area contributed by atoms with Crippen LogP contribution in [0.4, 0.5) is 0 Å². The summed E-state index contributed by atoms with van der Waals surface area (Å²) in [5.41, 5.74) is 1.46. The van der Waals surface area contributed by atoms with Crippen molar-refractivity contribution < 1.29 is 19.4 Å². The second kappa shape index (κ2) is 9.02. The maximum absolute atomic E-state index is 12.9. The zero-order chi connectivity index (χ0) is 21.1. The van der Waals surface area contributed by atoms with Gasteiger partial charge in [0, 0.05) is 24.9 Å². The van der Waals surface area contributed by atoms with Gasteiger partial charge in [-0.25, -0.2) is 0 Å². The number of hydrogen-bond acceptors (Lipinski definition) is 6. The van der Waals surface area contributed by atoms with Crippen molar-refractivity contribution in [3.63, 3.8) is 0 Å². The van der Waals surface area contributed by atoms with Gasteiger partial charge in [-0.2, -0.15) is 0 Å². The van der Waals surface area contributed by atoms with E-state index in [9.17, 15) is 9.90 Å². The molecule has 1 saturated heterocycles. The first-order valence-corrected chi connectivity index (χ1v) is 10.5. The molecule has 2 aliphatic rings. The minimum Gasteiger partial charge on any atom is -0.497 e. The highest BCUT2D eigenvalue weighted by atomic mass is 16.5. The van der Waals surface area contributed by atoms with Crippen LogP contribution in [0.25, 0.3) is 0 Å². The molecule has 7 heteroatoms. The molecule has 0 unspecified atom stereocenters. The first kappa shape index (κ1) is 20.6. The van der Waals surface area contributed by atoms with Crippen LogP contribution in [0.3, 0.4) is 0 Å². The van der Waals surface area contributed by atoms with Crippen LogP contribution in [0.1, 0.15) is 35.2 Å². The number of carbonyl (C=O) groups is 1. The molecule has 30 heavy (non-hydrogen) atoms. The van der Waals surface area contributed by atoms with Gasteiger partial charge >= 0.3 is 0 Å². The third kappa shape index (κ3) is 4.42. The number of aromatic nitrogens is 1. The second-order valence-electron chi connectivity index (χ2n) is 8.13. The fourth-order valence-corrected chi connectivity index (χ4v) is 4.54. The van der Waals surface area contributed by atoms with Gasteiger partial charge in [-0.05, 0) is 56.6 Å². The number of aliphatic hydroxyl groups excluding tert-OH is 1. The number of aryl methyl sites for hydroxylation is 1. The van der Waals surface area contributed by atoms with E-state index in [1.54, 1.807) is 19.5 Å². The summed E-state index contributed by atoms with van der Waals surface area (Å²) in [6, 6.07) is 8.81. The quantitative estimate of drug-likeness (QED) is 0.758. The molecule has 2 fully saturated rings. The molecule has 2 N–H and O–H groups in total. The molecule has 0 radical (unpaired) electrons. The number of rotatable bonds is 6. The summed E-state index contributed by atoms with van der Waals surface area (Å²) in [6.45, 7) is 3.76. The van der Waals surface area contributed by atoms with Gasteiger partial charge in [0.1, 0.15) is 23.7 Å². The van der Waals surface area contributed by atoms with Crippen molar-refractivity contribution in [1.29, 1.82) is 0 Å². The molecular weight excluding hydrogens is 382 g/mol. The normalized spacial score (nSPS) is 26.5. The molecule has 1 aliphatic carbocycles. The van der Waals surface area contributed by atoms with Crippen LogP contribution >= 0.6 is 0 Å². The summed E-state index contributed by atoms with van der Waals surface area (Å²) >= 11 is 0. The van der Waals surface area contributed by atoms with Gasteiger partial charge in [0.25, 0.3) is 5.91 Å². The topological polar surface area (TPSA) is 83.9 Å². The summed E-state index contributed by atoms with van der Waals surface area (Å²) in [5.74, 6) is 1.18. The van der Waals surface area contributed by atoms with E-state index in [2.05, 4.69) is 15.2 Å². The highest BCUT2D eigenvalue weighted by molar-refractivity contribution is 5.94. The molecule has 2 aromatic rings. The smallest absolute Gasteiger partial charge is 0.253 e. The fourth-order valence-electron chi connectivity index (χ4n) is 4.54. The SMILES string of the molecule is COc1cccc(O[C@@H]2C[C@@H](NC(=O)c3cncc(C)c3)[C@H](N3CCCC3)[C@H]2O)c1. The minimum absolute atomic E-state index is 0.172. The lowest BCUT2D eigenvalue weighted by Gasteiger charge is -2.32. The van der Waals surface area contributed by atoms with Crippen LogP contribution in [0.15, 0.2) is 42.7 Å². The van der Waals surface area contributed by atoms with Crippen molar-refractivity contribution in [3.05, 3.63) is 53.9 Å². The number of pyridine rings is 1. The standard InChI is InChI=1S/C23H29N3O4/c1-15-10-16(14-24-13-15)23(28)25-19-12-20(22(27)21(19)26-8-3-4-9-26)30-18-7-5-6-17(11-18)29-2/h5-7,10-11,13-14,19-22,27H,3-4,8-9,12H2,1-2H3,(H,25,28)/t19-,20-,21+,22+/m1/s1. The van der Waals surface area contributed by atoms with E-state index in [-0.39, 0.29) is 18.0 Å². The third-order valence-electron chi connectivity index (χ3n) is 5.97. The monoisotopic (exact) mass is 411 g/mol. The van der Waals surface area contributed by atoms with E-state index in [4.69, 9.17) is 9.47 Å². The Morgan fingerprint density at radius 3 is 2.70 bits per heavy atom. The summed E-state index contributed by atoms with van der Waals surface area (Å²) in [4.78, 5) is 19.3. The van der Waals surface area contributed by atoms with E-state index >= 15 is 0 Å². The van der Waals surface area contributed by atoms with E-state index in [1.807, 2.05) is 37.3 Å². The average Bonchev–Trinajstić information content (AvgIpc) is 3.36. The highest BCUT2D eigenvalue weighted by Gasteiger charge is 2.48. The molecule has 4 atom stereocenters. The Morgan fingerprint density at radius 1 is 1.20 bits per heavy atom. The third-order valence-corrected chi connectivity index (χ3v) is 5.97. The van der Waals surface area contributed by atoms with Crippen LogP contribution in [0.2, 0.25) is 0 Å². The van der Waals surface area contributed by atoms with Gasteiger partial charge in [-0.3, -0.25) is 14.7 Å². The Labute approximate surface area is 177 Å². The molecule has 1 amide bonds. The van der Waals surface area contributed by atoms with E-state index in [0.29, 0.717) is 23.5 Å². The number of benzene rings is 1. The first-order chi connectivity index (χ1) is 14.5. The van der Waals surface area contributed by atoms with Gasteiger partial charge in [0.2, 0.25) is 0 Å². The van der Waals surface area contributed by atoms with Crippen LogP contribution in [0, 0.1) is 6.92 Å². The van der Waals surface area contributed by atoms with Crippen molar-refractivity contribution in [2.45, 2.75) is 50.5 Å². The lowest BCUT2D eigenvalue weighted by atomic mass is 10.1. The zero-order valence-electron chi connectivity index (χ0n) is 17.5. The van der Waals surface area contributed by atoms with Crippen LogP contribution in [-0.2, 0) is 0 Å². The Hall–Kier alpha value is -2.64. The number of nitrogens with one attached hydrogen (secondary N) is 1. The molecule has 1 aliphatic heterocycles. The molecule has 1 saturated carbocycles. The largest absolute Gasteiger partial charge is 0.497 e. The van der Waals surface area contributed by atoms with Gasteiger partial charge < -0.3 is 19.9 Å². The number of nitrogens with zero attached hydrogens (tertiary/aromatic N) is 2. The van der Waals surface area contributed by atoms with Crippen molar-refractivity contribution in [1.82, 2.24) is 15.2 Å². The fraction of sp³-hybridized carbons (Fsp3) is 0.478. The summed E-state index contributed by atoms with van der Waals surface area (Å²) in [7, 11) is 1.61. The highest BCUT2D eigenvalue weighted by Crippen LogP contribution is 2.32. The number of carbonyl (C=O) groups excluding carboxylic acids is 1. The van der Waals surface area contributed by atoms with Gasteiger partial charge in [0.15, 0.2) is 0 Å². The second-order valence-corrected chi connectivity index (χ2v) is 8.13. The number of likely N-dealkylation sites (tertiary alicyclic amines) is 1. The van der Waals surface area contributed by atoms with Crippen molar-refractivity contribution in [2.24, 2.45) is 0 Å². The molecule has 160 valence electrons. The summed E-state index contributed by atoms with van der Waals surface area (Å²) in [6.07, 6.45) is 4.92. The molecule has 1 aromatic carbocycles. The number of amides is 1. The molecule has 0 spiro atoms. The molecule has 2 heterocycles. The van der Waals surface area contributed by atoms with Crippen molar-refractivity contribution in [2.75, 3.05) is 20.2 Å². The Kier molecular flexibility index (Phi) is 6.20. The number of methoxy groups -OCH3 is 1. The number of hydrogen-bond donors (Lipinski definition) is 2. The van der Waals surface area contributed by atoms with Crippen LogP contribution in [-0.4, -0.2) is 65.4 Å². The summed E-state index contributed by atoms with van der Waals surface area (Å²) < 4.78 is 11.4. The van der Waals surface area contributed by atoms with E-state index in [0.717, 1.165) is 31.5 Å². The predicted octanol–water partition coefficient (Wildman–Crippen LogP) is 2.17. The first-order valence-electron chi connectivity index (χ1n) is 10.5. The lowest BCUT2D eigenvalue weighted by molar-refractivity contribution is 0.0138. The molecule has 0 bridgehead atoms. The maximum Gasteiger partial charge on any atom is 0.253 e. The molecular formula is C23H29N3O4. The molecule has 4 rings (SSSR count). The predicted molar refractivity (Wildman–Crippen MR) is 113 cm³/mol. The van der Waals surface area contributed by atoms with Crippen molar-refractivity contribution >= 4 is 5.91 Å². The van der Waals surface area contributed by atoms with Gasteiger partial charge in [-0.15, -0.1) is 0 Å². The Bertz CT molecular complexity index is 884. The molecule has 7 nitrogen and oxygen atoms in total. The molecule has 1 aromatic heterocycles. The van der Waals surface area contributed by atoms with Gasteiger partial charge in [-0.1, -0.05) is 6.07 Å². The zero-order valence-corrected chi connectivity index (χ0v) is 17.5. The average molecular weight is 412 g/mol. The van der Waals surface area contributed by atoms with Gasteiger partial charge in [0.05, 0.1) is 24.8 Å². The van der Waals surface area contributed by atoms with Crippen LogP contribution in [0.5, 0.6) is 11.5 Å². The Morgan fingerprint density at radius 2 is 1.97 bits per heavy atom. The lowest BCUT2D eigenvalue weighted by Crippen LogP contribution is -2.52. The number of ether oxygens (including phenoxy) is 2. The number of aliphatic hydroxyl groups is 1.